The number of hydrogen-bond donors (Lipinski definition) is 1. The van der Waals surface area contributed by atoms with Gasteiger partial charge in [-0.15, -0.1) is 0 Å². The zero-order chi connectivity index (χ0) is 13.2. The van der Waals surface area contributed by atoms with Crippen LogP contribution < -0.4 is 5.73 Å². The van der Waals surface area contributed by atoms with Crippen LogP contribution in [0.25, 0.3) is 11.0 Å². The van der Waals surface area contributed by atoms with Crippen LogP contribution in [0.5, 0.6) is 0 Å². The lowest BCUT2D eigenvalue weighted by Crippen LogP contribution is -2.06. The van der Waals surface area contributed by atoms with Crippen LogP contribution in [0.2, 0.25) is 0 Å². The SMILES string of the molecule is CCOCCc1nc2cc(CN)ccc2n1C1CC1. The molecule has 4 nitrogen and oxygen atoms in total. The summed E-state index contributed by atoms with van der Waals surface area (Å²) in [5.74, 6) is 1.15. The molecule has 1 aromatic carbocycles. The first kappa shape index (κ1) is 12.6. The molecule has 1 fully saturated rings. The molecule has 0 radical (unpaired) electrons. The Morgan fingerprint density at radius 3 is 2.95 bits per heavy atom. The summed E-state index contributed by atoms with van der Waals surface area (Å²) < 4.78 is 7.86. The maximum absolute atomic E-state index is 5.70. The van der Waals surface area contributed by atoms with Crippen LogP contribution in [-0.4, -0.2) is 22.8 Å². The van der Waals surface area contributed by atoms with Crippen LogP contribution in [0.1, 0.15) is 37.2 Å². The minimum Gasteiger partial charge on any atom is -0.381 e. The van der Waals surface area contributed by atoms with Gasteiger partial charge in [0.2, 0.25) is 0 Å². The van der Waals surface area contributed by atoms with Gasteiger partial charge in [-0.3, -0.25) is 0 Å². The molecule has 0 saturated heterocycles. The highest BCUT2D eigenvalue weighted by atomic mass is 16.5. The Labute approximate surface area is 113 Å². The topological polar surface area (TPSA) is 53.1 Å². The van der Waals surface area contributed by atoms with E-state index in [0.29, 0.717) is 12.6 Å². The zero-order valence-corrected chi connectivity index (χ0v) is 11.4. The zero-order valence-electron chi connectivity index (χ0n) is 11.4. The van der Waals surface area contributed by atoms with Crippen LogP contribution in [0.4, 0.5) is 0 Å². The maximum atomic E-state index is 5.70. The largest absolute Gasteiger partial charge is 0.381 e. The Hall–Kier alpha value is -1.39. The van der Waals surface area contributed by atoms with E-state index >= 15 is 0 Å². The average molecular weight is 259 g/mol. The third-order valence-electron chi connectivity index (χ3n) is 3.65. The molecule has 3 rings (SSSR count). The van der Waals surface area contributed by atoms with Gasteiger partial charge < -0.3 is 15.0 Å². The number of nitrogens with two attached hydrogens (primary N) is 1. The highest BCUT2D eigenvalue weighted by Gasteiger charge is 2.27. The molecular formula is C15H21N3O. The van der Waals surface area contributed by atoms with E-state index in [2.05, 4.69) is 22.8 Å². The number of fused-ring (bicyclic) bond motifs is 1. The number of benzene rings is 1. The van der Waals surface area contributed by atoms with Crippen LogP contribution in [-0.2, 0) is 17.7 Å². The summed E-state index contributed by atoms with van der Waals surface area (Å²) in [6.07, 6.45) is 3.43. The Morgan fingerprint density at radius 2 is 2.26 bits per heavy atom. The van der Waals surface area contributed by atoms with Crippen LogP contribution in [0, 0.1) is 0 Å². The lowest BCUT2D eigenvalue weighted by atomic mass is 10.2. The molecule has 19 heavy (non-hydrogen) atoms. The number of ether oxygens (including phenoxy) is 1. The number of imidazole rings is 1. The van der Waals surface area contributed by atoms with Crippen molar-refractivity contribution >= 4 is 11.0 Å². The fourth-order valence-electron chi connectivity index (χ4n) is 2.55. The highest BCUT2D eigenvalue weighted by Crippen LogP contribution is 2.38. The minimum absolute atomic E-state index is 0.570. The third-order valence-corrected chi connectivity index (χ3v) is 3.65. The molecule has 0 aliphatic heterocycles. The first-order valence-electron chi connectivity index (χ1n) is 7.11. The van der Waals surface area contributed by atoms with E-state index < -0.39 is 0 Å². The van der Waals surface area contributed by atoms with Crippen molar-refractivity contribution in [3.05, 3.63) is 29.6 Å². The van der Waals surface area contributed by atoms with E-state index in [1.807, 2.05) is 6.92 Å². The molecule has 4 heteroatoms. The molecule has 1 aliphatic carbocycles. The van der Waals surface area contributed by atoms with Crippen molar-refractivity contribution in [2.75, 3.05) is 13.2 Å². The summed E-state index contributed by atoms with van der Waals surface area (Å²) in [7, 11) is 0. The molecule has 0 atom stereocenters. The molecule has 1 aromatic heterocycles. The van der Waals surface area contributed by atoms with E-state index in [9.17, 15) is 0 Å². The summed E-state index contributed by atoms with van der Waals surface area (Å²) in [5.41, 5.74) is 9.16. The van der Waals surface area contributed by atoms with Gasteiger partial charge in [-0.25, -0.2) is 4.98 Å². The van der Waals surface area contributed by atoms with E-state index in [1.165, 1.54) is 18.4 Å². The normalized spacial score (nSPS) is 15.3. The minimum atomic E-state index is 0.570. The van der Waals surface area contributed by atoms with Gasteiger partial charge >= 0.3 is 0 Å². The lowest BCUT2D eigenvalue weighted by molar-refractivity contribution is 0.149. The van der Waals surface area contributed by atoms with Gasteiger partial charge in [0.1, 0.15) is 5.82 Å². The lowest BCUT2D eigenvalue weighted by Gasteiger charge is -2.07. The molecule has 0 bridgehead atoms. The van der Waals surface area contributed by atoms with Crippen LogP contribution in [0.3, 0.4) is 0 Å². The van der Waals surface area contributed by atoms with Crippen molar-refractivity contribution in [1.82, 2.24) is 9.55 Å². The Bertz CT molecular complexity index is 572. The average Bonchev–Trinajstić information content (AvgIpc) is 3.20. The van der Waals surface area contributed by atoms with Crippen molar-refractivity contribution < 1.29 is 4.74 Å². The quantitative estimate of drug-likeness (QED) is 0.810. The van der Waals surface area contributed by atoms with Gasteiger partial charge in [-0.05, 0) is 37.5 Å². The van der Waals surface area contributed by atoms with Crippen molar-refractivity contribution in [2.24, 2.45) is 5.73 Å². The summed E-state index contributed by atoms with van der Waals surface area (Å²) in [6, 6.07) is 7.02. The van der Waals surface area contributed by atoms with Crippen molar-refractivity contribution in [1.29, 1.82) is 0 Å². The number of rotatable bonds is 6. The summed E-state index contributed by atoms with van der Waals surface area (Å²) in [5, 5.41) is 0. The monoisotopic (exact) mass is 259 g/mol. The molecule has 0 spiro atoms. The van der Waals surface area contributed by atoms with Crippen LogP contribution >= 0.6 is 0 Å². The van der Waals surface area contributed by atoms with Gasteiger partial charge in [-0.1, -0.05) is 6.07 Å². The molecule has 1 saturated carbocycles. The number of aromatic nitrogens is 2. The van der Waals surface area contributed by atoms with Crippen molar-refractivity contribution in [3.8, 4) is 0 Å². The Balaban J connectivity index is 1.97. The summed E-state index contributed by atoms with van der Waals surface area (Å²) in [4.78, 5) is 4.78. The number of nitrogens with zero attached hydrogens (tertiary/aromatic N) is 2. The molecule has 0 unspecified atom stereocenters. The Morgan fingerprint density at radius 1 is 1.42 bits per heavy atom. The van der Waals surface area contributed by atoms with E-state index in [-0.39, 0.29) is 0 Å². The molecule has 102 valence electrons. The Kier molecular flexibility index (Phi) is 3.53. The van der Waals surface area contributed by atoms with Gasteiger partial charge in [0, 0.05) is 25.6 Å². The molecule has 2 aromatic rings. The van der Waals surface area contributed by atoms with E-state index in [4.69, 9.17) is 15.5 Å². The summed E-state index contributed by atoms with van der Waals surface area (Å²) in [6.45, 7) is 4.11. The predicted molar refractivity (Wildman–Crippen MR) is 76.1 cm³/mol. The highest BCUT2D eigenvalue weighted by molar-refractivity contribution is 5.77. The smallest absolute Gasteiger partial charge is 0.112 e. The van der Waals surface area contributed by atoms with Gasteiger partial charge in [-0.2, -0.15) is 0 Å². The first-order chi connectivity index (χ1) is 9.33. The van der Waals surface area contributed by atoms with Crippen molar-refractivity contribution in [3.63, 3.8) is 0 Å². The second kappa shape index (κ2) is 5.31. The van der Waals surface area contributed by atoms with Gasteiger partial charge in [0.15, 0.2) is 0 Å². The molecule has 0 amide bonds. The van der Waals surface area contributed by atoms with E-state index in [0.717, 1.165) is 36.5 Å². The maximum Gasteiger partial charge on any atom is 0.112 e. The molecular weight excluding hydrogens is 238 g/mol. The predicted octanol–water partition coefficient (Wildman–Crippen LogP) is 2.41. The second-order valence-corrected chi connectivity index (χ2v) is 5.10. The van der Waals surface area contributed by atoms with E-state index in [1.54, 1.807) is 0 Å². The van der Waals surface area contributed by atoms with Crippen LogP contribution in [0.15, 0.2) is 18.2 Å². The molecule has 1 heterocycles. The fraction of sp³-hybridized carbons (Fsp3) is 0.533. The second-order valence-electron chi connectivity index (χ2n) is 5.10. The first-order valence-corrected chi connectivity index (χ1v) is 7.11. The summed E-state index contributed by atoms with van der Waals surface area (Å²) >= 11 is 0. The van der Waals surface area contributed by atoms with Gasteiger partial charge in [0.25, 0.3) is 0 Å². The van der Waals surface area contributed by atoms with Gasteiger partial charge in [0.05, 0.1) is 17.6 Å². The third kappa shape index (κ3) is 2.51. The van der Waals surface area contributed by atoms with Crippen molar-refractivity contribution in [2.45, 2.75) is 38.8 Å². The standard InChI is InChI=1S/C15H21N3O/c1-2-19-8-7-15-17-13-9-11(10-16)3-6-14(13)18(15)12-4-5-12/h3,6,9,12H,2,4-5,7-8,10,16H2,1H3. The molecule has 1 aliphatic rings. The number of hydrogen-bond acceptors (Lipinski definition) is 3. The molecule has 2 N–H and O–H groups in total. The fourth-order valence-corrected chi connectivity index (χ4v) is 2.55.